The molecule has 4 heterocycles. The number of pyridine rings is 2. The van der Waals surface area contributed by atoms with Gasteiger partial charge in [0, 0.05) is 48.0 Å². The highest BCUT2D eigenvalue weighted by Crippen LogP contribution is 2.26. The minimum atomic E-state index is -0.259. The van der Waals surface area contributed by atoms with Crippen LogP contribution in [0.1, 0.15) is 28.9 Å². The van der Waals surface area contributed by atoms with Gasteiger partial charge in [0.2, 0.25) is 0 Å². The number of anilines is 1. The van der Waals surface area contributed by atoms with E-state index >= 15 is 0 Å². The van der Waals surface area contributed by atoms with E-state index in [0.717, 1.165) is 41.7 Å². The molecule has 150 valence electrons. The van der Waals surface area contributed by atoms with Gasteiger partial charge in [0.25, 0.3) is 5.91 Å². The molecule has 5 rings (SSSR count). The largest absolute Gasteiger partial charge is 0.320 e. The molecule has 0 unspecified atom stereocenters. The van der Waals surface area contributed by atoms with Gasteiger partial charge in [-0.2, -0.15) is 5.10 Å². The number of carbonyl (C=O) groups excluding carboxylic acids is 1. The van der Waals surface area contributed by atoms with Crippen molar-refractivity contribution in [3.05, 3.63) is 72.4 Å². The lowest BCUT2D eigenvalue weighted by molar-refractivity contribution is 0.102. The highest BCUT2D eigenvalue weighted by atomic mass is 16.1. The number of benzene rings is 1. The van der Waals surface area contributed by atoms with Crippen LogP contribution >= 0.6 is 0 Å². The molecule has 2 N–H and O–H groups in total. The standard InChI is InChI=1S/C23H22N6O/c30-23(26-19-5-7-24-8-6-19)22-20-12-17(3-4-21(20)27-28-22)18-11-16(13-25-14-18)15-29-9-1-2-10-29/h3-8,11-14H,1-2,9-10,15H2,(H,27,28)(H,24,26,30). The lowest BCUT2D eigenvalue weighted by Gasteiger charge is -2.14. The molecule has 4 aromatic rings. The van der Waals surface area contributed by atoms with Crippen LogP contribution in [0, 0.1) is 0 Å². The van der Waals surface area contributed by atoms with Crippen LogP contribution in [0.25, 0.3) is 22.0 Å². The van der Waals surface area contributed by atoms with Crippen LogP contribution in [0.5, 0.6) is 0 Å². The van der Waals surface area contributed by atoms with Crippen molar-refractivity contribution in [1.82, 2.24) is 25.1 Å². The summed E-state index contributed by atoms with van der Waals surface area (Å²) < 4.78 is 0. The molecule has 1 aromatic carbocycles. The minimum absolute atomic E-state index is 0.259. The van der Waals surface area contributed by atoms with Crippen LogP contribution in [-0.4, -0.2) is 44.1 Å². The maximum atomic E-state index is 12.8. The molecule has 0 atom stereocenters. The third-order valence-corrected chi connectivity index (χ3v) is 5.45. The van der Waals surface area contributed by atoms with Crippen molar-refractivity contribution < 1.29 is 4.79 Å². The molecule has 1 amide bonds. The van der Waals surface area contributed by atoms with Gasteiger partial charge in [-0.25, -0.2) is 0 Å². The van der Waals surface area contributed by atoms with Gasteiger partial charge in [0.05, 0.1) is 5.52 Å². The van der Waals surface area contributed by atoms with E-state index in [1.165, 1.54) is 18.4 Å². The second-order valence-electron chi connectivity index (χ2n) is 7.59. The number of carbonyl (C=O) groups is 1. The first kappa shape index (κ1) is 18.4. The average molecular weight is 398 g/mol. The summed E-state index contributed by atoms with van der Waals surface area (Å²) in [6.45, 7) is 3.23. The molecule has 1 saturated heterocycles. The lowest BCUT2D eigenvalue weighted by Crippen LogP contribution is -2.18. The molecule has 1 fully saturated rings. The smallest absolute Gasteiger partial charge is 0.276 e. The second kappa shape index (κ2) is 8.04. The lowest BCUT2D eigenvalue weighted by atomic mass is 10.0. The molecule has 1 aliphatic heterocycles. The molecule has 1 aliphatic rings. The summed E-state index contributed by atoms with van der Waals surface area (Å²) in [7, 11) is 0. The van der Waals surface area contributed by atoms with Gasteiger partial charge in [0.15, 0.2) is 5.69 Å². The van der Waals surface area contributed by atoms with Crippen LogP contribution in [0.4, 0.5) is 5.69 Å². The first-order chi connectivity index (χ1) is 14.8. The Bertz CT molecular complexity index is 1180. The number of hydrogen-bond donors (Lipinski definition) is 2. The van der Waals surface area contributed by atoms with E-state index in [-0.39, 0.29) is 5.91 Å². The second-order valence-corrected chi connectivity index (χ2v) is 7.59. The molecule has 0 spiro atoms. The van der Waals surface area contributed by atoms with Crippen LogP contribution in [0.15, 0.2) is 61.2 Å². The van der Waals surface area contributed by atoms with Crippen molar-refractivity contribution in [2.75, 3.05) is 18.4 Å². The zero-order chi connectivity index (χ0) is 20.3. The molecule has 0 radical (unpaired) electrons. The molecular weight excluding hydrogens is 376 g/mol. The first-order valence-corrected chi connectivity index (χ1v) is 10.1. The SMILES string of the molecule is O=C(Nc1ccncc1)c1n[nH]c2ccc(-c3cncc(CN4CCCC4)c3)cc12. The maximum absolute atomic E-state index is 12.8. The van der Waals surface area contributed by atoms with Gasteiger partial charge < -0.3 is 5.32 Å². The minimum Gasteiger partial charge on any atom is -0.320 e. The Morgan fingerprint density at radius 1 is 1.00 bits per heavy atom. The van der Waals surface area contributed by atoms with Crippen LogP contribution in [0.3, 0.4) is 0 Å². The summed E-state index contributed by atoms with van der Waals surface area (Å²) in [5, 5.41) is 10.8. The zero-order valence-corrected chi connectivity index (χ0v) is 16.5. The number of H-pyrrole nitrogens is 1. The molecule has 0 saturated carbocycles. The first-order valence-electron chi connectivity index (χ1n) is 10.1. The Hall–Kier alpha value is -3.58. The van der Waals surface area contributed by atoms with E-state index in [2.05, 4.69) is 36.4 Å². The molecule has 3 aromatic heterocycles. The highest BCUT2D eigenvalue weighted by Gasteiger charge is 2.16. The normalized spacial score (nSPS) is 14.3. The molecular formula is C23H22N6O. The quantitative estimate of drug-likeness (QED) is 0.533. The van der Waals surface area contributed by atoms with Crippen molar-refractivity contribution in [3.8, 4) is 11.1 Å². The van der Waals surface area contributed by atoms with Crippen LogP contribution < -0.4 is 5.32 Å². The number of likely N-dealkylation sites (tertiary alicyclic amines) is 1. The Kier molecular flexibility index (Phi) is 4.94. The van der Waals surface area contributed by atoms with Crippen molar-refractivity contribution in [3.63, 3.8) is 0 Å². The number of aromatic nitrogens is 4. The predicted molar refractivity (Wildman–Crippen MR) is 116 cm³/mol. The van der Waals surface area contributed by atoms with E-state index in [1.807, 2.05) is 30.6 Å². The van der Waals surface area contributed by atoms with E-state index in [1.54, 1.807) is 24.5 Å². The number of rotatable bonds is 5. The van der Waals surface area contributed by atoms with E-state index in [4.69, 9.17) is 0 Å². The van der Waals surface area contributed by atoms with Gasteiger partial charge in [0.1, 0.15) is 0 Å². The topological polar surface area (TPSA) is 86.8 Å². The summed E-state index contributed by atoms with van der Waals surface area (Å²) in [6.07, 6.45) is 9.62. The number of nitrogens with zero attached hydrogens (tertiary/aromatic N) is 4. The summed E-state index contributed by atoms with van der Waals surface area (Å²) >= 11 is 0. The van der Waals surface area contributed by atoms with E-state index in [0.29, 0.717) is 11.4 Å². The summed E-state index contributed by atoms with van der Waals surface area (Å²) in [6, 6.07) is 11.7. The molecule has 0 aliphatic carbocycles. The fourth-order valence-corrected chi connectivity index (χ4v) is 3.92. The maximum Gasteiger partial charge on any atom is 0.276 e. The average Bonchev–Trinajstić information content (AvgIpc) is 3.44. The molecule has 30 heavy (non-hydrogen) atoms. The number of amides is 1. The van der Waals surface area contributed by atoms with Gasteiger partial charge in [-0.05, 0) is 67.4 Å². The Morgan fingerprint density at radius 2 is 1.83 bits per heavy atom. The number of aromatic amines is 1. The van der Waals surface area contributed by atoms with Crippen molar-refractivity contribution in [2.45, 2.75) is 19.4 Å². The number of hydrogen-bond acceptors (Lipinski definition) is 5. The molecule has 7 heteroatoms. The Balaban J connectivity index is 1.43. The van der Waals surface area contributed by atoms with Crippen molar-refractivity contribution in [1.29, 1.82) is 0 Å². The third kappa shape index (κ3) is 3.79. The van der Waals surface area contributed by atoms with Crippen LogP contribution in [-0.2, 0) is 6.54 Å². The van der Waals surface area contributed by atoms with Crippen molar-refractivity contribution >= 4 is 22.5 Å². The monoisotopic (exact) mass is 398 g/mol. The summed E-state index contributed by atoms with van der Waals surface area (Å²) in [5.74, 6) is -0.259. The van der Waals surface area contributed by atoms with Gasteiger partial charge >= 0.3 is 0 Å². The van der Waals surface area contributed by atoms with Crippen molar-refractivity contribution in [2.24, 2.45) is 0 Å². The number of nitrogens with one attached hydrogen (secondary N) is 2. The highest BCUT2D eigenvalue weighted by molar-refractivity contribution is 6.11. The Labute approximate surface area is 174 Å². The summed E-state index contributed by atoms with van der Waals surface area (Å²) in [5.41, 5.74) is 5.12. The van der Waals surface area contributed by atoms with E-state index < -0.39 is 0 Å². The molecule has 0 bridgehead atoms. The Morgan fingerprint density at radius 3 is 2.67 bits per heavy atom. The number of fused-ring (bicyclic) bond motifs is 1. The van der Waals surface area contributed by atoms with Gasteiger partial charge in [-0.15, -0.1) is 0 Å². The summed E-state index contributed by atoms with van der Waals surface area (Å²) in [4.78, 5) is 23.6. The van der Waals surface area contributed by atoms with Gasteiger partial charge in [-0.3, -0.25) is 24.8 Å². The zero-order valence-electron chi connectivity index (χ0n) is 16.5. The molecule has 7 nitrogen and oxygen atoms in total. The van der Waals surface area contributed by atoms with Gasteiger partial charge in [-0.1, -0.05) is 6.07 Å². The third-order valence-electron chi connectivity index (χ3n) is 5.45. The predicted octanol–water partition coefficient (Wildman–Crippen LogP) is 3.87. The van der Waals surface area contributed by atoms with Crippen LogP contribution in [0.2, 0.25) is 0 Å². The fourth-order valence-electron chi connectivity index (χ4n) is 3.92. The van der Waals surface area contributed by atoms with E-state index in [9.17, 15) is 4.79 Å². The fraction of sp³-hybridized carbons (Fsp3) is 0.217.